The maximum absolute atomic E-state index is 12.3. The summed E-state index contributed by atoms with van der Waals surface area (Å²) in [6.07, 6.45) is 3.55. The van der Waals surface area contributed by atoms with Crippen LogP contribution in [0.3, 0.4) is 0 Å². The second-order valence-corrected chi connectivity index (χ2v) is 7.55. The second kappa shape index (κ2) is 8.92. The molecular weight excluding hydrogens is 388 g/mol. The SMILES string of the molecule is COc1cc(/C=C2\C=C(c3ccc(C)cc3)OC2=O)ccc1OCc1cccc(C)c1. The molecule has 0 N–H and O–H groups in total. The van der Waals surface area contributed by atoms with E-state index in [0.29, 0.717) is 29.4 Å². The summed E-state index contributed by atoms with van der Waals surface area (Å²) in [5, 5.41) is 0. The number of carbonyl (C=O) groups is 1. The highest BCUT2D eigenvalue weighted by atomic mass is 16.5. The van der Waals surface area contributed by atoms with Gasteiger partial charge in [-0.3, -0.25) is 0 Å². The van der Waals surface area contributed by atoms with Crippen LogP contribution < -0.4 is 9.47 Å². The number of hydrogen-bond donors (Lipinski definition) is 0. The molecule has 1 aliphatic heterocycles. The zero-order valence-corrected chi connectivity index (χ0v) is 17.8. The number of rotatable bonds is 6. The summed E-state index contributed by atoms with van der Waals surface area (Å²) in [7, 11) is 1.60. The van der Waals surface area contributed by atoms with Crippen LogP contribution in [0.4, 0.5) is 0 Å². The minimum absolute atomic E-state index is 0.366. The van der Waals surface area contributed by atoms with Crippen LogP contribution in [0.25, 0.3) is 11.8 Å². The van der Waals surface area contributed by atoms with Crippen molar-refractivity contribution in [2.45, 2.75) is 20.5 Å². The number of aryl methyl sites for hydroxylation is 2. The summed E-state index contributed by atoms with van der Waals surface area (Å²) in [5.41, 5.74) is 5.63. The molecule has 0 bridgehead atoms. The molecule has 0 fully saturated rings. The molecular formula is C27H24O4. The molecule has 0 atom stereocenters. The highest BCUT2D eigenvalue weighted by Crippen LogP contribution is 2.32. The van der Waals surface area contributed by atoms with E-state index in [1.165, 1.54) is 5.56 Å². The first-order valence-corrected chi connectivity index (χ1v) is 10.1. The van der Waals surface area contributed by atoms with Gasteiger partial charge in [-0.15, -0.1) is 0 Å². The van der Waals surface area contributed by atoms with Gasteiger partial charge in [0.2, 0.25) is 0 Å². The molecule has 0 aliphatic carbocycles. The van der Waals surface area contributed by atoms with E-state index in [9.17, 15) is 4.79 Å². The zero-order chi connectivity index (χ0) is 21.8. The van der Waals surface area contributed by atoms with Gasteiger partial charge in [0.1, 0.15) is 12.4 Å². The third-order valence-electron chi connectivity index (χ3n) is 5.05. The molecule has 0 saturated carbocycles. The van der Waals surface area contributed by atoms with Crippen molar-refractivity contribution in [3.8, 4) is 11.5 Å². The Balaban J connectivity index is 1.53. The highest BCUT2D eigenvalue weighted by molar-refractivity contribution is 6.05. The van der Waals surface area contributed by atoms with Gasteiger partial charge < -0.3 is 14.2 Å². The fourth-order valence-electron chi connectivity index (χ4n) is 3.38. The van der Waals surface area contributed by atoms with Crippen LogP contribution in [0.15, 0.2) is 78.4 Å². The summed E-state index contributed by atoms with van der Waals surface area (Å²) in [5.74, 6) is 1.45. The van der Waals surface area contributed by atoms with Crippen molar-refractivity contribution >= 4 is 17.8 Å². The van der Waals surface area contributed by atoms with E-state index in [1.807, 2.05) is 61.5 Å². The fourth-order valence-corrected chi connectivity index (χ4v) is 3.38. The van der Waals surface area contributed by atoms with Gasteiger partial charge >= 0.3 is 5.97 Å². The van der Waals surface area contributed by atoms with E-state index < -0.39 is 0 Å². The minimum atomic E-state index is -0.366. The molecule has 0 spiro atoms. The molecule has 4 nitrogen and oxygen atoms in total. The molecule has 0 amide bonds. The van der Waals surface area contributed by atoms with Gasteiger partial charge in [-0.05, 0) is 49.3 Å². The average Bonchev–Trinajstić information content (AvgIpc) is 3.13. The lowest BCUT2D eigenvalue weighted by Crippen LogP contribution is -1.99. The third-order valence-corrected chi connectivity index (χ3v) is 5.05. The number of methoxy groups -OCH3 is 1. The van der Waals surface area contributed by atoms with E-state index in [4.69, 9.17) is 14.2 Å². The van der Waals surface area contributed by atoms with Crippen LogP contribution >= 0.6 is 0 Å². The van der Waals surface area contributed by atoms with Crippen LogP contribution in [0, 0.1) is 13.8 Å². The Morgan fingerprint density at radius 1 is 0.903 bits per heavy atom. The lowest BCUT2D eigenvalue weighted by molar-refractivity contribution is -0.130. The maximum Gasteiger partial charge on any atom is 0.343 e. The number of ether oxygens (including phenoxy) is 3. The van der Waals surface area contributed by atoms with E-state index in [2.05, 4.69) is 19.1 Å². The van der Waals surface area contributed by atoms with Crippen LogP contribution in [0.5, 0.6) is 11.5 Å². The predicted octanol–water partition coefficient (Wildman–Crippen LogP) is 5.87. The van der Waals surface area contributed by atoms with Crippen molar-refractivity contribution in [1.82, 2.24) is 0 Å². The summed E-state index contributed by atoms with van der Waals surface area (Å²) < 4.78 is 16.9. The molecule has 0 saturated heterocycles. The summed E-state index contributed by atoms with van der Waals surface area (Å²) in [6, 6.07) is 21.7. The number of esters is 1. The zero-order valence-electron chi connectivity index (χ0n) is 17.8. The van der Waals surface area contributed by atoms with Gasteiger partial charge in [0.05, 0.1) is 12.7 Å². The molecule has 31 heavy (non-hydrogen) atoms. The van der Waals surface area contributed by atoms with Crippen molar-refractivity contribution in [3.63, 3.8) is 0 Å². The Morgan fingerprint density at radius 3 is 2.45 bits per heavy atom. The predicted molar refractivity (Wildman–Crippen MR) is 122 cm³/mol. The van der Waals surface area contributed by atoms with E-state index in [-0.39, 0.29) is 5.97 Å². The Labute approximate surface area is 182 Å². The maximum atomic E-state index is 12.3. The first-order chi connectivity index (χ1) is 15.0. The Bertz CT molecular complexity index is 1170. The first-order valence-electron chi connectivity index (χ1n) is 10.1. The van der Waals surface area contributed by atoms with Crippen molar-refractivity contribution < 1.29 is 19.0 Å². The largest absolute Gasteiger partial charge is 0.493 e. The van der Waals surface area contributed by atoms with E-state index >= 15 is 0 Å². The standard InChI is InChI=1S/C27H24O4/c1-18-7-10-22(11-8-18)25-16-23(27(28)31-25)14-20-9-12-24(26(15-20)29-3)30-17-21-6-4-5-19(2)13-21/h4-16H,17H2,1-3H3/b23-14+. The van der Waals surface area contributed by atoms with Crippen molar-refractivity contribution in [1.29, 1.82) is 0 Å². The second-order valence-electron chi connectivity index (χ2n) is 7.55. The normalized spacial score (nSPS) is 14.4. The van der Waals surface area contributed by atoms with Crippen molar-refractivity contribution in [3.05, 3.63) is 106 Å². The van der Waals surface area contributed by atoms with E-state index in [0.717, 1.165) is 22.3 Å². The molecule has 0 aromatic heterocycles. The Hall–Kier alpha value is -3.79. The highest BCUT2D eigenvalue weighted by Gasteiger charge is 2.22. The first kappa shape index (κ1) is 20.5. The molecule has 4 heteroatoms. The third kappa shape index (κ3) is 4.86. The topological polar surface area (TPSA) is 44.8 Å². The van der Waals surface area contributed by atoms with Crippen LogP contribution in [-0.4, -0.2) is 13.1 Å². The lowest BCUT2D eigenvalue weighted by Gasteiger charge is -2.12. The molecule has 4 rings (SSSR count). The molecule has 1 aliphatic rings. The number of carbonyl (C=O) groups excluding carboxylic acids is 1. The van der Waals surface area contributed by atoms with E-state index in [1.54, 1.807) is 19.3 Å². The van der Waals surface area contributed by atoms with Crippen molar-refractivity contribution in [2.75, 3.05) is 7.11 Å². The van der Waals surface area contributed by atoms with Gasteiger partial charge in [-0.2, -0.15) is 0 Å². The summed E-state index contributed by atoms with van der Waals surface area (Å²) in [4.78, 5) is 12.3. The van der Waals surface area contributed by atoms with Gasteiger partial charge in [0, 0.05) is 5.56 Å². The molecule has 3 aromatic rings. The molecule has 156 valence electrons. The summed E-state index contributed by atoms with van der Waals surface area (Å²) in [6.45, 7) is 4.53. The monoisotopic (exact) mass is 412 g/mol. The van der Waals surface area contributed by atoms with Crippen molar-refractivity contribution in [2.24, 2.45) is 0 Å². The Kier molecular flexibility index (Phi) is 5.89. The number of cyclic esters (lactones) is 1. The van der Waals surface area contributed by atoms with Gasteiger partial charge in [-0.25, -0.2) is 4.79 Å². The van der Waals surface area contributed by atoms with Crippen LogP contribution in [0.2, 0.25) is 0 Å². The smallest absolute Gasteiger partial charge is 0.343 e. The van der Waals surface area contributed by atoms with Gasteiger partial charge in [0.25, 0.3) is 0 Å². The van der Waals surface area contributed by atoms with Gasteiger partial charge in [-0.1, -0.05) is 65.7 Å². The minimum Gasteiger partial charge on any atom is -0.493 e. The average molecular weight is 412 g/mol. The van der Waals surface area contributed by atoms with Crippen LogP contribution in [0.1, 0.15) is 27.8 Å². The number of benzene rings is 3. The number of hydrogen-bond acceptors (Lipinski definition) is 4. The molecule has 0 radical (unpaired) electrons. The fraction of sp³-hybridized carbons (Fsp3) is 0.148. The molecule has 3 aromatic carbocycles. The van der Waals surface area contributed by atoms with Gasteiger partial charge in [0.15, 0.2) is 11.5 Å². The Morgan fingerprint density at radius 2 is 1.71 bits per heavy atom. The lowest BCUT2D eigenvalue weighted by atomic mass is 10.1. The molecule has 1 heterocycles. The van der Waals surface area contributed by atoms with Crippen LogP contribution in [-0.2, 0) is 16.1 Å². The molecule has 0 unspecified atom stereocenters. The summed E-state index contributed by atoms with van der Waals surface area (Å²) >= 11 is 0. The quantitative estimate of drug-likeness (QED) is 0.375.